The molecule has 1 rings (SSSR count). The second-order valence-corrected chi connectivity index (χ2v) is 5.35. The number of nitrogens with zero attached hydrogens (tertiary/aromatic N) is 1. The van der Waals surface area contributed by atoms with E-state index in [1.165, 1.54) is 18.2 Å². The normalized spacial score (nSPS) is 10.4. The van der Waals surface area contributed by atoms with Crippen molar-refractivity contribution in [3.8, 4) is 0 Å². The number of nitro benzene ring substituents is 1. The summed E-state index contributed by atoms with van der Waals surface area (Å²) in [5.41, 5.74) is 0.155. The van der Waals surface area contributed by atoms with Gasteiger partial charge < -0.3 is 10.1 Å². The summed E-state index contributed by atoms with van der Waals surface area (Å²) >= 11 is 3.22. The fourth-order valence-corrected chi connectivity index (χ4v) is 2.05. The highest BCUT2D eigenvalue weighted by Crippen LogP contribution is 2.22. The minimum Gasteiger partial charge on any atom is -0.381 e. The molecule has 0 saturated carbocycles. The maximum absolute atomic E-state index is 12.0. The largest absolute Gasteiger partial charge is 0.381 e. The van der Waals surface area contributed by atoms with Gasteiger partial charge >= 0.3 is 0 Å². The molecule has 0 aromatic heterocycles. The van der Waals surface area contributed by atoms with Gasteiger partial charge in [-0.2, -0.15) is 0 Å². The van der Waals surface area contributed by atoms with E-state index in [9.17, 15) is 14.9 Å². The van der Waals surface area contributed by atoms with E-state index < -0.39 is 4.92 Å². The lowest BCUT2D eigenvalue weighted by Crippen LogP contribution is -2.25. The predicted molar refractivity (Wildman–Crippen MR) is 83.5 cm³/mol. The van der Waals surface area contributed by atoms with E-state index in [0.29, 0.717) is 24.0 Å². The molecule has 1 N–H and O–H groups in total. The Labute approximate surface area is 132 Å². The Morgan fingerprint density at radius 2 is 2.10 bits per heavy atom. The van der Waals surface area contributed by atoms with Gasteiger partial charge in [-0.15, -0.1) is 0 Å². The van der Waals surface area contributed by atoms with Crippen LogP contribution in [-0.4, -0.2) is 30.6 Å². The Morgan fingerprint density at radius 1 is 1.38 bits per heavy atom. The number of amides is 1. The van der Waals surface area contributed by atoms with Gasteiger partial charge in [-0.1, -0.05) is 13.3 Å². The van der Waals surface area contributed by atoms with E-state index in [-0.39, 0.29) is 17.2 Å². The van der Waals surface area contributed by atoms with Gasteiger partial charge in [-0.05, 0) is 34.8 Å². The lowest BCUT2D eigenvalue weighted by atomic mass is 10.2. The van der Waals surface area contributed by atoms with Crippen LogP contribution >= 0.6 is 15.9 Å². The number of hydrogen-bond acceptors (Lipinski definition) is 4. The van der Waals surface area contributed by atoms with Crippen molar-refractivity contribution >= 4 is 27.5 Å². The number of hydrogen-bond donors (Lipinski definition) is 1. The Balaban J connectivity index is 2.41. The Hall–Kier alpha value is -1.47. The number of nitrogens with one attached hydrogen (secondary N) is 1. The zero-order chi connectivity index (χ0) is 15.7. The van der Waals surface area contributed by atoms with Crippen molar-refractivity contribution < 1.29 is 14.5 Å². The first kappa shape index (κ1) is 17.6. The van der Waals surface area contributed by atoms with Gasteiger partial charge in [-0.3, -0.25) is 14.9 Å². The maximum atomic E-state index is 12.0. The summed E-state index contributed by atoms with van der Waals surface area (Å²) in [6.45, 7) is 3.90. The molecule has 0 spiro atoms. The molecule has 0 bridgehead atoms. The summed E-state index contributed by atoms with van der Waals surface area (Å²) in [7, 11) is 0. The average Bonchev–Trinajstić information content (AvgIpc) is 2.46. The minimum absolute atomic E-state index is 0.105. The van der Waals surface area contributed by atoms with Crippen LogP contribution in [0.5, 0.6) is 0 Å². The van der Waals surface area contributed by atoms with Crippen molar-refractivity contribution in [1.82, 2.24) is 5.32 Å². The molecule has 0 saturated heterocycles. The molecular formula is C14H19BrN2O4. The maximum Gasteiger partial charge on any atom is 0.270 e. The summed E-state index contributed by atoms with van der Waals surface area (Å²) in [6, 6.07) is 4.11. The third kappa shape index (κ3) is 6.22. The standard InChI is InChI=1S/C14H19BrN2O4/c1-2-3-8-21-9-4-7-16-14(18)12-10-11(17(19)20)5-6-13(12)15/h5-6,10H,2-4,7-9H2,1H3,(H,16,18). The zero-order valence-corrected chi connectivity index (χ0v) is 13.5. The molecule has 0 aliphatic carbocycles. The van der Waals surface area contributed by atoms with Crippen LogP contribution in [0, 0.1) is 10.1 Å². The van der Waals surface area contributed by atoms with E-state index >= 15 is 0 Å². The molecule has 6 nitrogen and oxygen atoms in total. The van der Waals surface area contributed by atoms with Crippen LogP contribution < -0.4 is 5.32 Å². The fraction of sp³-hybridized carbons (Fsp3) is 0.500. The van der Waals surface area contributed by atoms with Gasteiger partial charge in [0.15, 0.2) is 0 Å². The molecule has 0 radical (unpaired) electrons. The molecule has 116 valence electrons. The number of rotatable bonds is 9. The molecule has 0 aliphatic rings. The highest BCUT2D eigenvalue weighted by Gasteiger charge is 2.14. The Kier molecular flexibility index (Phi) is 7.92. The van der Waals surface area contributed by atoms with Crippen LogP contribution in [0.4, 0.5) is 5.69 Å². The molecular weight excluding hydrogens is 340 g/mol. The van der Waals surface area contributed by atoms with Crippen molar-refractivity contribution in [1.29, 1.82) is 0 Å². The first-order valence-electron chi connectivity index (χ1n) is 6.86. The zero-order valence-electron chi connectivity index (χ0n) is 11.9. The van der Waals surface area contributed by atoms with Gasteiger partial charge in [0.05, 0.1) is 10.5 Å². The number of halogens is 1. The number of benzene rings is 1. The third-order valence-electron chi connectivity index (χ3n) is 2.80. The van der Waals surface area contributed by atoms with Crippen LogP contribution in [0.3, 0.4) is 0 Å². The van der Waals surface area contributed by atoms with Crippen LogP contribution in [-0.2, 0) is 4.74 Å². The number of carbonyl (C=O) groups is 1. The third-order valence-corrected chi connectivity index (χ3v) is 3.49. The molecule has 0 unspecified atom stereocenters. The first-order chi connectivity index (χ1) is 10.1. The summed E-state index contributed by atoms with van der Waals surface area (Å²) < 4.78 is 5.92. The van der Waals surface area contributed by atoms with Gasteiger partial charge in [0, 0.05) is 36.4 Å². The second-order valence-electron chi connectivity index (χ2n) is 4.50. The van der Waals surface area contributed by atoms with E-state index in [1.54, 1.807) is 0 Å². The topological polar surface area (TPSA) is 81.5 Å². The molecule has 0 fully saturated rings. The Morgan fingerprint density at radius 3 is 2.76 bits per heavy atom. The van der Waals surface area contributed by atoms with Crippen molar-refractivity contribution in [3.05, 3.63) is 38.3 Å². The van der Waals surface area contributed by atoms with Gasteiger partial charge in [-0.25, -0.2) is 0 Å². The molecule has 1 aromatic carbocycles. The Bertz CT molecular complexity index is 494. The number of nitro groups is 1. The molecule has 21 heavy (non-hydrogen) atoms. The quantitative estimate of drug-likeness (QED) is 0.417. The number of non-ortho nitro benzene ring substituents is 1. The molecule has 1 amide bonds. The summed E-state index contributed by atoms with van der Waals surface area (Å²) in [4.78, 5) is 22.2. The molecule has 1 aromatic rings. The summed E-state index contributed by atoms with van der Waals surface area (Å²) in [6.07, 6.45) is 2.84. The van der Waals surface area contributed by atoms with Crippen LogP contribution in [0.2, 0.25) is 0 Å². The highest BCUT2D eigenvalue weighted by atomic mass is 79.9. The molecule has 7 heteroatoms. The van der Waals surface area contributed by atoms with Crippen LogP contribution in [0.15, 0.2) is 22.7 Å². The van der Waals surface area contributed by atoms with Crippen molar-refractivity contribution in [3.63, 3.8) is 0 Å². The predicted octanol–water partition coefficient (Wildman–Crippen LogP) is 3.29. The number of carbonyl (C=O) groups excluding carboxylic acids is 1. The lowest BCUT2D eigenvalue weighted by Gasteiger charge is -2.07. The molecule has 0 heterocycles. The van der Waals surface area contributed by atoms with Gasteiger partial charge in [0.1, 0.15) is 0 Å². The van der Waals surface area contributed by atoms with Crippen molar-refractivity contribution in [2.24, 2.45) is 0 Å². The number of ether oxygens (including phenoxy) is 1. The minimum atomic E-state index is -0.523. The smallest absolute Gasteiger partial charge is 0.270 e. The second kappa shape index (κ2) is 9.46. The average molecular weight is 359 g/mol. The van der Waals surface area contributed by atoms with E-state index in [4.69, 9.17) is 4.74 Å². The van der Waals surface area contributed by atoms with Crippen molar-refractivity contribution in [2.45, 2.75) is 26.2 Å². The lowest BCUT2D eigenvalue weighted by molar-refractivity contribution is -0.384. The monoisotopic (exact) mass is 358 g/mol. The van der Waals surface area contributed by atoms with Crippen LogP contribution in [0.1, 0.15) is 36.5 Å². The van der Waals surface area contributed by atoms with E-state index in [1.807, 2.05) is 0 Å². The SMILES string of the molecule is CCCCOCCCNC(=O)c1cc([N+](=O)[O-])ccc1Br. The van der Waals surface area contributed by atoms with Gasteiger partial charge in [0.25, 0.3) is 11.6 Å². The van der Waals surface area contributed by atoms with E-state index in [0.717, 1.165) is 19.4 Å². The molecule has 0 aliphatic heterocycles. The van der Waals surface area contributed by atoms with Crippen molar-refractivity contribution in [2.75, 3.05) is 19.8 Å². The number of unbranched alkanes of at least 4 members (excludes halogenated alkanes) is 1. The summed E-state index contributed by atoms with van der Waals surface area (Å²) in [5, 5.41) is 13.4. The first-order valence-corrected chi connectivity index (χ1v) is 7.65. The van der Waals surface area contributed by atoms with Crippen LogP contribution in [0.25, 0.3) is 0 Å². The fourth-order valence-electron chi connectivity index (χ4n) is 1.62. The van der Waals surface area contributed by atoms with Gasteiger partial charge in [0.2, 0.25) is 0 Å². The highest BCUT2D eigenvalue weighted by molar-refractivity contribution is 9.10. The van der Waals surface area contributed by atoms with E-state index in [2.05, 4.69) is 28.2 Å². The molecule has 0 atom stereocenters. The summed E-state index contributed by atoms with van der Waals surface area (Å²) in [5.74, 6) is -0.334.